The van der Waals surface area contributed by atoms with Crippen molar-refractivity contribution in [2.75, 3.05) is 13.1 Å². The van der Waals surface area contributed by atoms with Crippen LogP contribution in [0.25, 0.3) is 17.1 Å². The van der Waals surface area contributed by atoms with Gasteiger partial charge in [-0.05, 0) is 30.3 Å². The van der Waals surface area contributed by atoms with Crippen molar-refractivity contribution in [1.82, 2.24) is 14.7 Å². The fraction of sp³-hybridized carbons (Fsp3) is 0.176. The van der Waals surface area contributed by atoms with Crippen molar-refractivity contribution < 1.29 is 14.3 Å². The molecule has 24 heavy (non-hydrogen) atoms. The van der Waals surface area contributed by atoms with Gasteiger partial charge in [-0.25, -0.2) is 4.68 Å². The van der Waals surface area contributed by atoms with Gasteiger partial charge >= 0.3 is 0 Å². The fourth-order valence-electron chi connectivity index (χ4n) is 2.67. The van der Waals surface area contributed by atoms with Crippen molar-refractivity contribution in [2.24, 2.45) is 0 Å². The molecule has 0 radical (unpaired) electrons. The van der Waals surface area contributed by atoms with E-state index in [0.717, 1.165) is 5.69 Å². The predicted molar refractivity (Wildman–Crippen MR) is 88.2 cm³/mol. The van der Waals surface area contributed by atoms with E-state index in [-0.39, 0.29) is 5.91 Å². The molecule has 1 fully saturated rings. The van der Waals surface area contributed by atoms with Gasteiger partial charge in [-0.1, -0.05) is 17.7 Å². The van der Waals surface area contributed by atoms with Gasteiger partial charge in [0.15, 0.2) is 11.5 Å². The summed E-state index contributed by atoms with van der Waals surface area (Å²) in [6, 6.07) is 12.5. The first-order valence-corrected chi connectivity index (χ1v) is 7.87. The van der Waals surface area contributed by atoms with Crippen LogP contribution in [0.2, 0.25) is 5.02 Å². The molecule has 2 aromatic heterocycles. The molecule has 1 N–H and O–H groups in total. The lowest BCUT2D eigenvalue weighted by molar-refractivity contribution is 0.00547. The molecule has 1 aliphatic heterocycles. The maximum Gasteiger partial charge on any atom is 0.274 e. The number of aliphatic hydroxyl groups excluding tert-OH is 1. The molecular formula is C17H14ClN3O3. The number of amides is 1. The van der Waals surface area contributed by atoms with Gasteiger partial charge in [-0.3, -0.25) is 4.79 Å². The fourth-order valence-corrected chi connectivity index (χ4v) is 2.86. The summed E-state index contributed by atoms with van der Waals surface area (Å²) >= 11 is 6.07. The lowest BCUT2D eigenvalue weighted by Crippen LogP contribution is -2.53. The van der Waals surface area contributed by atoms with E-state index < -0.39 is 6.10 Å². The molecule has 0 atom stereocenters. The van der Waals surface area contributed by atoms with Crippen molar-refractivity contribution >= 4 is 17.5 Å². The van der Waals surface area contributed by atoms with Gasteiger partial charge in [0.1, 0.15) is 5.69 Å². The van der Waals surface area contributed by atoms with Crippen LogP contribution in [0.4, 0.5) is 0 Å². The minimum atomic E-state index is -0.450. The van der Waals surface area contributed by atoms with Crippen LogP contribution >= 0.6 is 11.6 Å². The Balaban J connectivity index is 1.78. The highest BCUT2D eigenvalue weighted by Gasteiger charge is 2.31. The summed E-state index contributed by atoms with van der Waals surface area (Å²) < 4.78 is 7.10. The predicted octanol–water partition coefficient (Wildman–Crippen LogP) is 2.60. The number of halogens is 1. The summed E-state index contributed by atoms with van der Waals surface area (Å²) in [6.07, 6.45) is 1.12. The minimum absolute atomic E-state index is 0.214. The number of aromatic nitrogens is 2. The number of β-amino-alcohol motifs (C(OH)–C–C–N with tert-alkyl or cyclic N) is 1. The molecule has 4 rings (SSSR count). The molecule has 6 nitrogen and oxygen atoms in total. The minimum Gasteiger partial charge on any atom is -0.463 e. The van der Waals surface area contributed by atoms with Gasteiger partial charge in [0.25, 0.3) is 5.91 Å². The summed E-state index contributed by atoms with van der Waals surface area (Å²) in [5, 5.41) is 14.4. The van der Waals surface area contributed by atoms with Crippen LogP contribution in [0.5, 0.6) is 0 Å². The zero-order valence-electron chi connectivity index (χ0n) is 12.6. The van der Waals surface area contributed by atoms with Crippen LogP contribution in [0.1, 0.15) is 10.5 Å². The molecule has 3 heterocycles. The SMILES string of the molecule is O=C(c1cc(-c2ccco2)n(-c2cccc(Cl)c2)n1)N1CC(O)C1. The Bertz CT molecular complexity index is 882. The van der Waals surface area contributed by atoms with E-state index in [1.54, 1.807) is 46.2 Å². The third-order valence-corrected chi connectivity index (χ3v) is 4.14. The van der Waals surface area contributed by atoms with Crippen molar-refractivity contribution in [2.45, 2.75) is 6.10 Å². The lowest BCUT2D eigenvalue weighted by atomic mass is 10.1. The average Bonchev–Trinajstić information content (AvgIpc) is 3.20. The highest BCUT2D eigenvalue weighted by Crippen LogP contribution is 2.26. The van der Waals surface area contributed by atoms with E-state index in [2.05, 4.69) is 5.10 Å². The molecule has 1 saturated heterocycles. The number of carbonyl (C=O) groups is 1. The second kappa shape index (κ2) is 5.81. The van der Waals surface area contributed by atoms with Gasteiger partial charge < -0.3 is 14.4 Å². The van der Waals surface area contributed by atoms with E-state index in [1.807, 2.05) is 12.1 Å². The summed E-state index contributed by atoms with van der Waals surface area (Å²) in [6.45, 7) is 0.665. The first-order chi connectivity index (χ1) is 11.6. The molecule has 0 saturated carbocycles. The Kier molecular flexibility index (Phi) is 3.63. The topological polar surface area (TPSA) is 71.5 Å². The number of benzene rings is 1. The highest BCUT2D eigenvalue weighted by atomic mass is 35.5. The van der Waals surface area contributed by atoms with Gasteiger partial charge in [-0.15, -0.1) is 0 Å². The van der Waals surface area contributed by atoms with Gasteiger partial charge in [0.2, 0.25) is 0 Å². The number of aliphatic hydroxyl groups is 1. The number of carbonyl (C=O) groups excluding carboxylic acids is 1. The second-order valence-corrected chi connectivity index (χ2v) is 6.08. The zero-order valence-corrected chi connectivity index (χ0v) is 13.3. The molecule has 0 unspecified atom stereocenters. The quantitative estimate of drug-likeness (QED) is 0.793. The molecule has 122 valence electrons. The van der Waals surface area contributed by atoms with Crippen LogP contribution in [-0.2, 0) is 0 Å². The Morgan fingerprint density at radius 2 is 2.08 bits per heavy atom. The van der Waals surface area contributed by atoms with Gasteiger partial charge in [0.05, 0.1) is 18.1 Å². The summed E-state index contributed by atoms with van der Waals surface area (Å²) in [5.41, 5.74) is 1.69. The van der Waals surface area contributed by atoms with Crippen LogP contribution < -0.4 is 0 Å². The first-order valence-electron chi connectivity index (χ1n) is 7.49. The molecule has 0 spiro atoms. The molecule has 1 aliphatic rings. The third-order valence-electron chi connectivity index (χ3n) is 3.90. The Hall–Kier alpha value is -2.57. The highest BCUT2D eigenvalue weighted by molar-refractivity contribution is 6.30. The van der Waals surface area contributed by atoms with Crippen LogP contribution in [-0.4, -0.2) is 44.9 Å². The van der Waals surface area contributed by atoms with Crippen LogP contribution in [0, 0.1) is 0 Å². The average molecular weight is 344 g/mol. The van der Waals surface area contributed by atoms with Crippen molar-refractivity contribution in [1.29, 1.82) is 0 Å². The van der Waals surface area contributed by atoms with E-state index in [0.29, 0.717) is 35.3 Å². The third kappa shape index (κ3) is 2.60. The van der Waals surface area contributed by atoms with Gasteiger partial charge in [0, 0.05) is 24.2 Å². The molecule has 7 heteroatoms. The monoisotopic (exact) mass is 343 g/mol. The van der Waals surface area contributed by atoms with E-state index in [9.17, 15) is 9.90 Å². The number of rotatable bonds is 3. The van der Waals surface area contributed by atoms with E-state index in [4.69, 9.17) is 16.0 Å². The van der Waals surface area contributed by atoms with Crippen molar-refractivity contribution in [3.63, 3.8) is 0 Å². The summed E-state index contributed by atoms with van der Waals surface area (Å²) in [5.74, 6) is 0.388. The Labute approximate surface area is 142 Å². The van der Waals surface area contributed by atoms with E-state index in [1.165, 1.54) is 0 Å². The van der Waals surface area contributed by atoms with E-state index >= 15 is 0 Å². The second-order valence-electron chi connectivity index (χ2n) is 5.65. The zero-order chi connectivity index (χ0) is 16.7. The Morgan fingerprint density at radius 1 is 1.25 bits per heavy atom. The number of hydrogen-bond donors (Lipinski definition) is 1. The molecule has 0 aliphatic carbocycles. The largest absolute Gasteiger partial charge is 0.463 e. The smallest absolute Gasteiger partial charge is 0.274 e. The molecule has 0 bridgehead atoms. The van der Waals surface area contributed by atoms with Crippen molar-refractivity contribution in [3.05, 3.63) is 59.4 Å². The number of likely N-dealkylation sites (tertiary alicyclic amines) is 1. The number of nitrogens with zero attached hydrogens (tertiary/aromatic N) is 3. The standard InChI is InChI=1S/C17H14ClN3O3/c18-11-3-1-4-12(7-11)21-15(16-5-2-6-24-16)8-14(19-21)17(23)20-9-13(22)10-20/h1-8,13,22H,9-10H2. The van der Waals surface area contributed by atoms with Crippen LogP contribution in [0.15, 0.2) is 53.1 Å². The lowest BCUT2D eigenvalue weighted by Gasteiger charge is -2.35. The first kappa shape index (κ1) is 15.0. The maximum absolute atomic E-state index is 12.5. The van der Waals surface area contributed by atoms with Gasteiger partial charge in [-0.2, -0.15) is 5.10 Å². The Morgan fingerprint density at radius 3 is 2.75 bits per heavy atom. The summed E-state index contributed by atoms with van der Waals surface area (Å²) in [7, 11) is 0. The van der Waals surface area contributed by atoms with Crippen molar-refractivity contribution in [3.8, 4) is 17.1 Å². The summed E-state index contributed by atoms with van der Waals surface area (Å²) in [4.78, 5) is 14.0. The molecule has 1 amide bonds. The number of furan rings is 1. The molecular weight excluding hydrogens is 330 g/mol. The molecule has 1 aromatic carbocycles. The normalized spacial score (nSPS) is 14.7. The maximum atomic E-state index is 12.5. The molecule has 3 aromatic rings. The number of hydrogen-bond acceptors (Lipinski definition) is 4. The van der Waals surface area contributed by atoms with Crippen LogP contribution in [0.3, 0.4) is 0 Å².